The van der Waals surface area contributed by atoms with Crippen LogP contribution in [0.3, 0.4) is 0 Å². The SMILES string of the molecule is CCOC(=N)c1ccc2[nH]nc(-c3ccc4cc(OCC5CCC(=O)N5C)ccc4c3)c2c1. The molecule has 4 aromatic rings. The second kappa shape index (κ2) is 8.58. The molecule has 1 aliphatic heterocycles. The molecule has 3 aromatic carbocycles. The molecular weight excluding hydrogens is 416 g/mol. The number of likely N-dealkylation sites (N-methyl/N-ethyl adjacent to an activating group) is 1. The first-order valence-corrected chi connectivity index (χ1v) is 11.2. The molecule has 2 N–H and O–H groups in total. The molecule has 33 heavy (non-hydrogen) atoms. The van der Waals surface area contributed by atoms with Gasteiger partial charge in [-0.1, -0.05) is 18.2 Å². The Morgan fingerprint density at radius 1 is 1.15 bits per heavy atom. The fraction of sp³-hybridized carbons (Fsp3) is 0.269. The number of amides is 1. The average Bonchev–Trinajstić information content (AvgIpc) is 3.40. The number of H-pyrrole nitrogens is 1. The molecule has 1 aliphatic rings. The monoisotopic (exact) mass is 442 g/mol. The molecule has 7 nitrogen and oxygen atoms in total. The summed E-state index contributed by atoms with van der Waals surface area (Å²) in [5, 5.41) is 18.8. The second-order valence-electron chi connectivity index (χ2n) is 8.33. The van der Waals surface area contributed by atoms with Gasteiger partial charge in [-0.2, -0.15) is 5.10 Å². The van der Waals surface area contributed by atoms with E-state index in [-0.39, 0.29) is 17.8 Å². The van der Waals surface area contributed by atoms with E-state index in [2.05, 4.69) is 22.3 Å². The van der Waals surface area contributed by atoms with Crippen LogP contribution < -0.4 is 4.74 Å². The number of hydrogen-bond donors (Lipinski definition) is 2. The van der Waals surface area contributed by atoms with Gasteiger partial charge in [-0.05, 0) is 60.5 Å². The maximum Gasteiger partial charge on any atom is 0.222 e. The van der Waals surface area contributed by atoms with Gasteiger partial charge < -0.3 is 14.4 Å². The van der Waals surface area contributed by atoms with Crippen molar-refractivity contribution < 1.29 is 14.3 Å². The lowest BCUT2D eigenvalue weighted by atomic mass is 10.0. The van der Waals surface area contributed by atoms with Crippen LogP contribution in [-0.2, 0) is 9.53 Å². The van der Waals surface area contributed by atoms with Crippen molar-refractivity contribution in [3.63, 3.8) is 0 Å². The molecule has 0 saturated carbocycles. The molecule has 1 aromatic heterocycles. The molecule has 2 heterocycles. The highest BCUT2D eigenvalue weighted by Crippen LogP contribution is 2.31. The van der Waals surface area contributed by atoms with Gasteiger partial charge in [0.15, 0.2) is 0 Å². The maximum absolute atomic E-state index is 11.7. The average molecular weight is 443 g/mol. The normalized spacial score (nSPS) is 16.0. The summed E-state index contributed by atoms with van der Waals surface area (Å²) >= 11 is 0. The number of carbonyl (C=O) groups excluding carboxylic acids is 1. The number of fused-ring (bicyclic) bond motifs is 2. The first kappa shape index (κ1) is 21.0. The molecule has 5 rings (SSSR count). The number of nitrogens with zero attached hydrogens (tertiary/aromatic N) is 2. The number of carbonyl (C=O) groups is 1. The van der Waals surface area contributed by atoms with Gasteiger partial charge in [-0.3, -0.25) is 15.3 Å². The number of likely N-dealkylation sites (tertiary alicyclic amines) is 1. The number of aromatic amines is 1. The molecule has 1 unspecified atom stereocenters. The zero-order chi connectivity index (χ0) is 22.9. The van der Waals surface area contributed by atoms with E-state index in [4.69, 9.17) is 14.9 Å². The van der Waals surface area contributed by atoms with E-state index in [1.807, 2.05) is 56.4 Å². The minimum absolute atomic E-state index is 0.137. The lowest BCUT2D eigenvalue weighted by Gasteiger charge is -2.20. The van der Waals surface area contributed by atoms with Crippen LogP contribution in [-0.4, -0.2) is 53.2 Å². The molecule has 7 heteroatoms. The molecule has 1 saturated heterocycles. The number of nitrogens with one attached hydrogen (secondary N) is 2. The van der Waals surface area contributed by atoms with E-state index in [1.165, 1.54) is 0 Å². The Morgan fingerprint density at radius 2 is 1.97 bits per heavy atom. The van der Waals surface area contributed by atoms with Crippen LogP contribution in [0.2, 0.25) is 0 Å². The molecule has 168 valence electrons. The number of ether oxygens (including phenoxy) is 2. The van der Waals surface area contributed by atoms with E-state index < -0.39 is 0 Å². The van der Waals surface area contributed by atoms with E-state index in [9.17, 15) is 4.79 Å². The summed E-state index contributed by atoms with van der Waals surface area (Å²) in [6.45, 7) is 2.83. The highest BCUT2D eigenvalue weighted by atomic mass is 16.5. The Morgan fingerprint density at radius 3 is 2.76 bits per heavy atom. The van der Waals surface area contributed by atoms with Gasteiger partial charge in [-0.15, -0.1) is 0 Å². The van der Waals surface area contributed by atoms with Crippen molar-refractivity contribution in [1.82, 2.24) is 15.1 Å². The van der Waals surface area contributed by atoms with Crippen LogP contribution in [0, 0.1) is 5.41 Å². The summed E-state index contributed by atoms with van der Waals surface area (Å²) in [6, 6.07) is 18.1. The van der Waals surface area contributed by atoms with Crippen molar-refractivity contribution in [3.8, 4) is 17.0 Å². The van der Waals surface area contributed by atoms with Gasteiger partial charge in [0.2, 0.25) is 11.8 Å². The lowest BCUT2D eigenvalue weighted by Crippen LogP contribution is -2.33. The van der Waals surface area contributed by atoms with Crippen LogP contribution in [0.5, 0.6) is 5.75 Å². The third-order valence-corrected chi connectivity index (χ3v) is 6.27. The Kier molecular flexibility index (Phi) is 5.46. The fourth-order valence-corrected chi connectivity index (χ4v) is 4.32. The summed E-state index contributed by atoms with van der Waals surface area (Å²) in [5.74, 6) is 1.14. The number of aromatic nitrogens is 2. The summed E-state index contributed by atoms with van der Waals surface area (Å²) in [5.41, 5.74) is 3.47. The molecule has 0 spiro atoms. The van der Waals surface area contributed by atoms with Gasteiger partial charge in [0, 0.05) is 30.0 Å². The zero-order valence-corrected chi connectivity index (χ0v) is 18.7. The Balaban J connectivity index is 1.40. The third kappa shape index (κ3) is 4.02. The second-order valence-corrected chi connectivity index (χ2v) is 8.33. The topological polar surface area (TPSA) is 91.3 Å². The Hall–Kier alpha value is -3.87. The van der Waals surface area contributed by atoms with Crippen molar-refractivity contribution in [2.45, 2.75) is 25.8 Å². The van der Waals surface area contributed by atoms with Gasteiger partial charge in [0.1, 0.15) is 12.4 Å². The van der Waals surface area contributed by atoms with E-state index >= 15 is 0 Å². The largest absolute Gasteiger partial charge is 0.491 e. The highest BCUT2D eigenvalue weighted by molar-refractivity contribution is 6.01. The first-order chi connectivity index (χ1) is 16.0. The summed E-state index contributed by atoms with van der Waals surface area (Å²) < 4.78 is 11.3. The molecule has 0 aliphatic carbocycles. The predicted octanol–water partition coefficient (Wildman–Crippen LogP) is 4.74. The minimum Gasteiger partial charge on any atom is -0.491 e. The Labute approximate surface area is 191 Å². The van der Waals surface area contributed by atoms with Crippen LogP contribution in [0.25, 0.3) is 32.9 Å². The minimum atomic E-state index is 0.137. The predicted molar refractivity (Wildman–Crippen MR) is 129 cm³/mol. The van der Waals surface area contributed by atoms with Crippen molar-refractivity contribution in [2.75, 3.05) is 20.3 Å². The number of hydrogen-bond acceptors (Lipinski definition) is 5. The fourth-order valence-electron chi connectivity index (χ4n) is 4.32. The van der Waals surface area contributed by atoms with E-state index in [1.54, 1.807) is 4.90 Å². The molecule has 1 atom stereocenters. The van der Waals surface area contributed by atoms with Gasteiger partial charge in [0.05, 0.1) is 23.9 Å². The van der Waals surface area contributed by atoms with Crippen LogP contribution in [0.4, 0.5) is 0 Å². The quantitative estimate of drug-likeness (QED) is 0.333. The molecule has 0 bridgehead atoms. The van der Waals surface area contributed by atoms with Crippen molar-refractivity contribution in [1.29, 1.82) is 5.41 Å². The maximum atomic E-state index is 11.7. The number of benzene rings is 3. The molecular formula is C26H26N4O3. The smallest absolute Gasteiger partial charge is 0.222 e. The van der Waals surface area contributed by atoms with Gasteiger partial charge in [-0.25, -0.2) is 0 Å². The Bertz CT molecular complexity index is 1360. The highest BCUT2D eigenvalue weighted by Gasteiger charge is 2.27. The molecule has 1 amide bonds. The first-order valence-electron chi connectivity index (χ1n) is 11.2. The van der Waals surface area contributed by atoms with E-state index in [0.717, 1.165) is 50.7 Å². The van der Waals surface area contributed by atoms with Crippen LogP contribution in [0.1, 0.15) is 25.3 Å². The van der Waals surface area contributed by atoms with Crippen molar-refractivity contribution in [3.05, 3.63) is 60.2 Å². The van der Waals surface area contributed by atoms with Gasteiger partial charge >= 0.3 is 0 Å². The zero-order valence-electron chi connectivity index (χ0n) is 18.7. The molecule has 0 radical (unpaired) electrons. The van der Waals surface area contributed by atoms with Crippen molar-refractivity contribution in [2.24, 2.45) is 0 Å². The summed E-state index contributed by atoms with van der Waals surface area (Å²) in [4.78, 5) is 13.5. The summed E-state index contributed by atoms with van der Waals surface area (Å²) in [7, 11) is 1.84. The number of rotatable bonds is 6. The third-order valence-electron chi connectivity index (χ3n) is 6.27. The van der Waals surface area contributed by atoms with Crippen LogP contribution in [0.15, 0.2) is 54.6 Å². The van der Waals surface area contributed by atoms with Crippen molar-refractivity contribution >= 4 is 33.5 Å². The van der Waals surface area contributed by atoms with Crippen LogP contribution >= 0.6 is 0 Å². The standard InChI is InChI=1S/C26H26N4O3/c1-3-32-26(27)19-7-10-23-22(14-19)25(29-28-23)18-5-4-17-13-21(9-6-16(17)12-18)33-15-20-8-11-24(31)30(20)2/h4-7,9-10,12-14,20,27H,3,8,11,15H2,1-2H3,(H,28,29). The van der Waals surface area contributed by atoms with Gasteiger partial charge in [0.25, 0.3) is 0 Å². The lowest BCUT2D eigenvalue weighted by molar-refractivity contribution is -0.127. The van der Waals surface area contributed by atoms with E-state index in [0.29, 0.717) is 19.6 Å². The molecule has 1 fully saturated rings. The summed E-state index contributed by atoms with van der Waals surface area (Å²) in [6.07, 6.45) is 1.44.